The van der Waals surface area contributed by atoms with Crippen molar-refractivity contribution in [2.24, 2.45) is 0 Å². The molecule has 0 aromatic carbocycles. The average molecular weight is 117 g/mol. The molecule has 0 fully saturated rings. The largest absolute Gasteiger partial charge is 0.395 e. The molecular weight excluding hydrogens is 106 g/mol. The van der Waals surface area contributed by atoms with E-state index < -0.39 is 0 Å². The van der Waals surface area contributed by atoms with Gasteiger partial charge in [0.1, 0.15) is 5.78 Å². The number of nitrogens with one attached hydrogen (secondary N) is 1. The summed E-state index contributed by atoms with van der Waals surface area (Å²) in [5.74, 6) is 0.0958. The van der Waals surface area contributed by atoms with Crippen molar-refractivity contribution in [3.05, 3.63) is 0 Å². The van der Waals surface area contributed by atoms with Gasteiger partial charge in [-0.25, -0.2) is 0 Å². The lowest BCUT2D eigenvalue weighted by molar-refractivity contribution is -0.116. The van der Waals surface area contributed by atoms with Crippen LogP contribution in [0, 0.1) is 0 Å². The lowest BCUT2D eigenvalue weighted by Crippen LogP contribution is -2.23. The Bertz CT molecular complexity index is 72.8. The van der Waals surface area contributed by atoms with Crippen LogP contribution in [-0.4, -0.2) is 30.6 Å². The maximum Gasteiger partial charge on any atom is 0.143 e. The zero-order valence-electron chi connectivity index (χ0n) is 4.98. The fourth-order valence-electron chi connectivity index (χ4n) is 0.343. The van der Waals surface area contributed by atoms with Gasteiger partial charge in [-0.2, -0.15) is 0 Å². The zero-order chi connectivity index (χ0) is 6.41. The first-order valence-corrected chi connectivity index (χ1v) is 2.58. The third-order valence-corrected chi connectivity index (χ3v) is 0.663. The van der Waals surface area contributed by atoms with Gasteiger partial charge >= 0.3 is 0 Å². The van der Waals surface area contributed by atoms with Crippen molar-refractivity contribution in [1.82, 2.24) is 5.32 Å². The minimum atomic E-state index is 0.0906. The van der Waals surface area contributed by atoms with Gasteiger partial charge in [-0.05, 0) is 6.92 Å². The number of aliphatic hydroxyl groups is 1. The summed E-state index contributed by atoms with van der Waals surface area (Å²) in [6, 6.07) is 0. The van der Waals surface area contributed by atoms with Crippen LogP contribution in [0.15, 0.2) is 0 Å². The molecule has 2 N–H and O–H groups in total. The molecule has 0 aromatic rings. The van der Waals surface area contributed by atoms with Crippen molar-refractivity contribution in [2.45, 2.75) is 6.92 Å². The van der Waals surface area contributed by atoms with Crippen LogP contribution < -0.4 is 5.32 Å². The van der Waals surface area contributed by atoms with E-state index in [1.54, 1.807) is 0 Å². The van der Waals surface area contributed by atoms with Crippen molar-refractivity contribution < 1.29 is 9.90 Å². The Balaban J connectivity index is 2.82. The molecule has 0 aliphatic heterocycles. The van der Waals surface area contributed by atoms with E-state index in [1.807, 2.05) is 0 Å². The van der Waals surface area contributed by atoms with Gasteiger partial charge in [-0.3, -0.25) is 4.79 Å². The molecule has 0 atom stereocenters. The molecule has 3 heteroatoms. The van der Waals surface area contributed by atoms with E-state index in [2.05, 4.69) is 5.32 Å². The normalized spacial score (nSPS) is 9.25. The van der Waals surface area contributed by atoms with E-state index in [4.69, 9.17) is 5.11 Å². The summed E-state index contributed by atoms with van der Waals surface area (Å²) in [6.07, 6.45) is 0. The second kappa shape index (κ2) is 4.74. The Labute approximate surface area is 48.7 Å². The fourth-order valence-corrected chi connectivity index (χ4v) is 0.343. The maximum atomic E-state index is 10.2. The number of hydrogen-bond acceptors (Lipinski definition) is 3. The fraction of sp³-hybridized carbons (Fsp3) is 0.800. The molecule has 0 radical (unpaired) electrons. The van der Waals surface area contributed by atoms with E-state index in [9.17, 15) is 4.79 Å². The van der Waals surface area contributed by atoms with Crippen molar-refractivity contribution in [3.8, 4) is 0 Å². The highest BCUT2D eigenvalue weighted by atomic mass is 16.3. The number of ketones is 1. The maximum absolute atomic E-state index is 10.2. The molecule has 0 bridgehead atoms. The highest BCUT2D eigenvalue weighted by molar-refractivity contribution is 5.77. The number of aliphatic hydroxyl groups excluding tert-OH is 1. The number of Topliss-reactive ketones (excluding diaryl/α,β-unsaturated/α-hetero) is 1. The summed E-state index contributed by atoms with van der Waals surface area (Å²) < 4.78 is 0. The zero-order valence-corrected chi connectivity index (χ0v) is 4.98. The monoisotopic (exact) mass is 117 g/mol. The Morgan fingerprint density at radius 3 is 2.75 bits per heavy atom. The quantitative estimate of drug-likeness (QED) is 0.472. The topological polar surface area (TPSA) is 49.3 Å². The van der Waals surface area contributed by atoms with Gasteiger partial charge in [0.25, 0.3) is 0 Å². The SMILES string of the molecule is CC(=O)CNCCO. The van der Waals surface area contributed by atoms with Crippen LogP contribution in [0.2, 0.25) is 0 Å². The van der Waals surface area contributed by atoms with Gasteiger partial charge in [0.15, 0.2) is 0 Å². The highest BCUT2D eigenvalue weighted by Gasteiger charge is 1.87. The van der Waals surface area contributed by atoms with E-state index in [-0.39, 0.29) is 12.4 Å². The lowest BCUT2D eigenvalue weighted by Gasteiger charge is -1.95. The van der Waals surface area contributed by atoms with Crippen LogP contribution in [0.25, 0.3) is 0 Å². The first kappa shape index (κ1) is 7.59. The smallest absolute Gasteiger partial charge is 0.143 e. The molecule has 48 valence electrons. The van der Waals surface area contributed by atoms with Crippen molar-refractivity contribution in [1.29, 1.82) is 0 Å². The van der Waals surface area contributed by atoms with Crippen molar-refractivity contribution in [2.75, 3.05) is 19.7 Å². The molecule has 0 aliphatic rings. The molecule has 0 aromatic heterocycles. The molecular formula is C5H11NO2. The molecule has 0 heterocycles. The number of hydrogen-bond donors (Lipinski definition) is 2. The molecule has 0 spiro atoms. The second-order valence-corrected chi connectivity index (χ2v) is 1.60. The van der Waals surface area contributed by atoms with Crippen LogP contribution >= 0.6 is 0 Å². The first-order chi connectivity index (χ1) is 3.77. The van der Waals surface area contributed by atoms with Crippen LogP contribution in [0.5, 0.6) is 0 Å². The third-order valence-electron chi connectivity index (χ3n) is 0.663. The van der Waals surface area contributed by atoms with Gasteiger partial charge in [-0.1, -0.05) is 0 Å². The minimum Gasteiger partial charge on any atom is -0.395 e. The van der Waals surface area contributed by atoms with Gasteiger partial charge in [-0.15, -0.1) is 0 Å². The second-order valence-electron chi connectivity index (χ2n) is 1.60. The molecule has 0 rings (SSSR count). The van der Waals surface area contributed by atoms with Crippen LogP contribution in [-0.2, 0) is 4.79 Å². The number of rotatable bonds is 4. The average Bonchev–Trinajstić information content (AvgIpc) is 1.66. The van der Waals surface area contributed by atoms with Gasteiger partial charge < -0.3 is 10.4 Å². The van der Waals surface area contributed by atoms with Gasteiger partial charge in [0, 0.05) is 6.54 Å². The van der Waals surface area contributed by atoms with Crippen molar-refractivity contribution in [3.63, 3.8) is 0 Å². The third kappa shape index (κ3) is 5.59. The molecule has 0 saturated heterocycles. The molecule has 0 unspecified atom stereocenters. The summed E-state index contributed by atoms with van der Waals surface area (Å²) in [4.78, 5) is 10.2. The Morgan fingerprint density at radius 2 is 2.38 bits per heavy atom. The first-order valence-electron chi connectivity index (χ1n) is 2.58. The molecule has 0 saturated carbocycles. The minimum absolute atomic E-state index is 0.0906. The van der Waals surface area contributed by atoms with E-state index in [1.165, 1.54) is 6.92 Å². The predicted octanol–water partition coefficient (Wildman–Crippen LogP) is -0.843. The summed E-state index contributed by atoms with van der Waals surface area (Å²) in [7, 11) is 0. The molecule has 0 amide bonds. The summed E-state index contributed by atoms with van der Waals surface area (Å²) in [5.41, 5.74) is 0. The Hall–Kier alpha value is -0.410. The summed E-state index contributed by atoms with van der Waals surface area (Å²) in [5, 5.41) is 10.9. The predicted molar refractivity (Wildman–Crippen MR) is 30.6 cm³/mol. The lowest BCUT2D eigenvalue weighted by atomic mass is 10.4. The van der Waals surface area contributed by atoms with Crippen LogP contribution in [0.4, 0.5) is 0 Å². The van der Waals surface area contributed by atoms with Gasteiger partial charge in [0.2, 0.25) is 0 Å². The Kier molecular flexibility index (Phi) is 4.50. The number of carbonyl (C=O) groups excluding carboxylic acids is 1. The highest BCUT2D eigenvalue weighted by Crippen LogP contribution is 1.62. The van der Waals surface area contributed by atoms with E-state index in [0.717, 1.165) is 0 Å². The molecule has 8 heavy (non-hydrogen) atoms. The van der Waals surface area contributed by atoms with E-state index >= 15 is 0 Å². The molecule has 0 aliphatic carbocycles. The molecule has 3 nitrogen and oxygen atoms in total. The van der Waals surface area contributed by atoms with Crippen LogP contribution in [0.1, 0.15) is 6.92 Å². The number of carbonyl (C=O) groups is 1. The standard InChI is InChI=1S/C5H11NO2/c1-5(8)4-6-2-3-7/h6-7H,2-4H2,1H3. The Morgan fingerprint density at radius 1 is 1.75 bits per heavy atom. The van der Waals surface area contributed by atoms with Crippen LogP contribution in [0.3, 0.4) is 0 Å². The van der Waals surface area contributed by atoms with Gasteiger partial charge in [0.05, 0.1) is 13.2 Å². The summed E-state index contributed by atoms with van der Waals surface area (Å²) >= 11 is 0. The summed E-state index contributed by atoms with van der Waals surface area (Å²) in [6.45, 7) is 2.46. The van der Waals surface area contributed by atoms with Crippen molar-refractivity contribution >= 4 is 5.78 Å². The van der Waals surface area contributed by atoms with E-state index in [0.29, 0.717) is 13.1 Å².